The molecule has 0 aromatic carbocycles. The van der Waals surface area contributed by atoms with Crippen LogP contribution in [-0.4, -0.2) is 33.8 Å². The molecular weight excluding hydrogens is 369 g/mol. The van der Waals surface area contributed by atoms with Crippen molar-refractivity contribution >= 4 is 42.1 Å². The Morgan fingerprint density at radius 1 is 1.46 bits per heavy atom. The van der Waals surface area contributed by atoms with E-state index in [-0.39, 0.29) is 42.6 Å². The van der Waals surface area contributed by atoms with Crippen molar-refractivity contribution < 1.29 is 4.79 Å². The lowest BCUT2D eigenvalue weighted by molar-refractivity contribution is -0.125. The third kappa shape index (κ3) is 4.69. The van der Waals surface area contributed by atoms with Gasteiger partial charge in [0.2, 0.25) is 5.91 Å². The number of thiazole rings is 1. The molecule has 0 radical (unpaired) electrons. The number of rotatable bonds is 5. The maximum atomic E-state index is 12.5. The zero-order valence-electron chi connectivity index (χ0n) is 13.7. The Morgan fingerprint density at radius 3 is 2.88 bits per heavy atom. The van der Waals surface area contributed by atoms with Gasteiger partial charge in [0.1, 0.15) is 0 Å². The van der Waals surface area contributed by atoms with Crippen LogP contribution in [0.3, 0.4) is 0 Å². The molecular formula is C15H23Cl2N5OS. The second-order valence-corrected chi connectivity index (χ2v) is 6.57. The Hall–Kier alpha value is -1.15. The van der Waals surface area contributed by atoms with Crippen LogP contribution in [0.25, 0.3) is 0 Å². The highest BCUT2D eigenvalue weighted by Crippen LogP contribution is 2.27. The Balaban J connectivity index is 0.00000144. The van der Waals surface area contributed by atoms with Crippen LogP contribution in [0.4, 0.5) is 0 Å². The molecule has 0 saturated carbocycles. The Labute approximate surface area is 158 Å². The molecule has 3 heterocycles. The average molecular weight is 392 g/mol. The van der Waals surface area contributed by atoms with Gasteiger partial charge in [-0.3, -0.25) is 9.48 Å². The second-order valence-electron chi connectivity index (χ2n) is 5.62. The van der Waals surface area contributed by atoms with Crippen molar-refractivity contribution in [2.75, 3.05) is 13.1 Å². The molecule has 2 aromatic heterocycles. The van der Waals surface area contributed by atoms with Gasteiger partial charge in [-0.25, -0.2) is 4.98 Å². The predicted molar refractivity (Wildman–Crippen MR) is 100 cm³/mol. The number of aromatic nitrogens is 3. The fourth-order valence-corrected chi connectivity index (χ4v) is 3.58. The summed E-state index contributed by atoms with van der Waals surface area (Å²) in [5.41, 5.74) is 2.06. The van der Waals surface area contributed by atoms with E-state index < -0.39 is 0 Å². The summed E-state index contributed by atoms with van der Waals surface area (Å²) in [5, 5.41) is 13.7. The lowest BCUT2D eigenvalue weighted by Gasteiger charge is -2.16. The first-order valence-corrected chi connectivity index (χ1v) is 8.45. The number of nitrogens with one attached hydrogen (secondary N) is 2. The maximum absolute atomic E-state index is 12.5. The smallest absolute Gasteiger partial charge is 0.225 e. The van der Waals surface area contributed by atoms with E-state index in [1.807, 2.05) is 24.8 Å². The molecule has 0 bridgehead atoms. The number of halogens is 2. The number of hydrogen-bond acceptors (Lipinski definition) is 5. The van der Waals surface area contributed by atoms with Gasteiger partial charge in [-0.1, -0.05) is 6.92 Å². The first kappa shape index (κ1) is 20.9. The van der Waals surface area contributed by atoms with Crippen LogP contribution in [0.2, 0.25) is 0 Å². The quantitative estimate of drug-likeness (QED) is 0.816. The van der Waals surface area contributed by atoms with Gasteiger partial charge in [-0.2, -0.15) is 5.10 Å². The van der Waals surface area contributed by atoms with Crippen LogP contribution < -0.4 is 10.6 Å². The number of carbonyl (C=O) groups is 1. The van der Waals surface area contributed by atoms with Gasteiger partial charge in [0.25, 0.3) is 0 Å². The molecule has 1 fully saturated rings. The van der Waals surface area contributed by atoms with Crippen LogP contribution >= 0.6 is 36.2 Å². The first-order chi connectivity index (χ1) is 10.7. The van der Waals surface area contributed by atoms with Crippen LogP contribution in [0, 0.1) is 5.92 Å². The van der Waals surface area contributed by atoms with E-state index in [4.69, 9.17) is 0 Å². The molecule has 1 saturated heterocycles. The fraction of sp³-hybridized carbons (Fsp3) is 0.533. The van der Waals surface area contributed by atoms with Gasteiger partial charge in [0, 0.05) is 37.6 Å². The molecule has 24 heavy (non-hydrogen) atoms. The molecule has 9 heteroatoms. The summed E-state index contributed by atoms with van der Waals surface area (Å²) >= 11 is 1.65. The van der Waals surface area contributed by atoms with Crippen LogP contribution in [0.5, 0.6) is 0 Å². The Bertz CT molecular complexity index is 660. The van der Waals surface area contributed by atoms with Gasteiger partial charge in [0.05, 0.1) is 29.4 Å². The minimum absolute atomic E-state index is 0. The molecule has 1 amide bonds. The summed E-state index contributed by atoms with van der Waals surface area (Å²) in [6.07, 6.45) is 4.78. The summed E-state index contributed by atoms with van der Waals surface area (Å²) in [5.74, 6) is 0.230. The zero-order valence-corrected chi connectivity index (χ0v) is 16.1. The number of hydrogen-bond donors (Lipinski definition) is 2. The van der Waals surface area contributed by atoms with Crippen molar-refractivity contribution in [3.05, 3.63) is 34.0 Å². The molecule has 134 valence electrons. The van der Waals surface area contributed by atoms with Crippen LogP contribution in [0.15, 0.2) is 17.8 Å². The molecule has 2 aromatic rings. The standard InChI is InChI=1S/C15H21N5OS.2ClH/c1-3-14-19-11(9-22-14)5-17-15(21)13-7-16-6-12(13)10-4-18-20(2)8-10;;/h4,8-9,12-13,16H,3,5-7H2,1-2H3,(H,17,21);2*1H/t12-,13+;;/m1../s1. The van der Waals surface area contributed by atoms with Crippen molar-refractivity contribution in [2.24, 2.45) is 13.0 Å². The summed E-state index contributed by atoms with van der Waals surface area (Å²) < 4.78 is 1.78. The molecule has 1 aliphatic rings. The van der Waals surface area contributed by atoms with Crippen LogP contribution in [-0.2, 0) is 24.8 Å². The van der Waals surface area contributed by atoms with E-state index >= 15 is 0 Å². The van der Waals surface area contributed by atoms with Gasteiger partial charge in [0.15, 0.2) is 0 Å². The van der Waals surface area contributed by atoms with E-state index in [9.17, 15) is 4.79 Å². The summed E-state index contributed by atoms with van der Waals surface area (Å²) in [6.45, 7) is 4.12. The summed E-state index contributed by atoms with van der Waals surface area (Å²) in [4.78, 5) is 17.0. The first-order valence-electron chi connectivity index (χ1n) is 7.57. The number of carbonyl (C=O) groups excluding carboxylic acids is 1. The molecule has 2 N–H and O–H groups in total. The van der Waals surface area contributed by atoms with Crippen molar-refractivity contribution in [3.8, 4) is 0 Å². The summed E-state index contributed by atoms with van der Waals surface area (Å²) in [6, 6.07) is 0. The van der Waals surface area contributed by atoms with E-state index in [1.165, 1.54) is 0 Å². The molecule has 0 aliphatic carbocycles. The predicted octanol–water partition coefficient (Wildman–Crippen LogP) is 1.90. The monoisotopic (exact) mass is 391 g/mol. The molecule has 2 atom stereocenters. The lowest BCUT2D eigenvalue weighted by Crippen LogP contribution is -2.34. The third-order valence-corrected chi connectivity index (χ3v) is 5.09. The van der Waals surface area contributed by atoms with Crippen molar-refractivity contribution in [2.45, 2.75) is 25.8 Å². The van der Waals surface area contributed by atoms with E-state index in [0.717, 1.165) is 29.2 Å². The number of amides is 1. The molecule has 0 unspecified atom stereocenters. The highest BCUT2D eigenvalue weighted by Gasteiger charge is 2.34. The minimum atomic E-state index is -0.0477. The van der Waals surface area contributed by atoms with Gasteiger partial charge in [-0.15, -0.1) is 36.2 Å². The largest absolute Gasteiger partial charge is 0.350 e. The molecule has 1 aliphatic heterocycles. The minimum Gasteiger partial charge on any atom is -0.350 e. The Morgan fingerprint density at radius 2 is 2.25 bits per heavy atom. The fourth-order valence-electron chi connectivity index (χ4n) is 2.84. The molecule has 0 spiro atoms. The zero-order chi connectivity index (χ0) is 15.5. The molecule has 3 rings (SSSR count). The van der Waals surface area contributed by atoms with Crippen molar-refractivity contribution in [1.82, 2.24) is 25.4 Å². The summed E-state index contributed by atoms with van der Waals surface area (Å²) in [7, 11) is 1.90. The highest BCUT2D eigenvalue weighted by molar-refractivity contribution is 7.09. The second kappa shape index (κ2) is 9.36. The van der Waals surface area contributed by atoms with Gasteiger partial charge in [-0.05, 0) is 12.0 Å². The van der Waals surface area contributed by atoms with Crippen molar-refractivity contribution in [1.29, 1.82) is 0 Å². The number of nitrogens with zero attached hydrogens (tertiary/aromatic N) is 3. The Kier molecular flexibility index (Phi) is 8.15. The van der Waals surface area contributed by atoms with Crippen molar-refractivity contribution in [3.63, 3.8) is 0 Å². The maximum Gasteiger partial charge on any atom is 0.225 e. The normalized spacial score (nSPS) is 19.4. The average Bonchev–Trinajstić information content (AvgIpc) is 3.24. The SMILES string of the molecule is CCc1nc(CNC(=O)[C@H]2CNC[C@@H]2c2cnn(C)c2)cs1.Cl.Cl. The van der Waals surface area contributed by atoms with E-state index in [2.05, 4.69) is 27.6 Å². The lowest BCUT2D eigenvalue weighted by atomic mass is 9.90. The van der Waals surface area contributed by atoms with Gasteiger partial charge >= 0.3 is 0 Å². The third-order valence-electron chi connectivity index (χ3n) is 4.05. The molecule has 6 nitrogen and oxygen atoms in total. The van der Waals surface area contributed by atoms with E-state index in [1.54, 1.807) is 16.0 Å². The number of aryl methyl sites for hydroxylation is 2. The van der Waals surface area contributed by atoms with Crippen LogP contribution in [0.1, 0.15) is 29.1 Å². The van der Waals surface area contributed by atoms with Gasteiger partial charge < -0.3 is 10.6 Å². The van der Waals surface area contributed by atoms with E-state index in [0.29, 0.717) is 13.1 Å². The topological polar surface area (TPSA) is 71.8 Å². The highest BCUT2D eigenvalue weighted by atomic mass is 35.5.